The number of benzene rings is 1. The summed E-state index contributed by atoms with van der Waals surface area (Å²) in [5.41, 5.74) is 1.34. The SMILES string of the molecule is O=C(O)C1CCN2CCN(Cc3ccccc3)CC2C1. The van der Waals surface area contributed by atoms with Gasteiger partial charge in [0.2, 0.25) is 0 Å². The molecule has 0 amide bonds. The topological polar surface area (TPSA) is 43.8 Å². The molecule has 0 saturated carbocycles. The van der Waals surface area contributed by atoms with E-state index in [9.17, 15) is 9.90 Å². The molecule has 2 fully saturated rings. The van der Waals surface area contributed by atoms with Gasteiger partial charge in [-0.1, -0.05) is 30.3 Å². The molecule has 1 aromatic carbocycles. The van der Waals surface area contributed by atoms with E-state index in [1.54, 1.807) is 0 Å². The first kappa shape index (κ1) is 13.6. The lowest BCUT2D eigenvalue weighted by Gasteiger charge is -2.45. The lowest BCUT2D eigenvalue weighted by Crippen LogP contribution is -2.56. The van der Waals surface area contributed by atoms with Crippen molar-refractivity contribution in [3.05, 3.63) is 35.9 Å². The van der Waals surface area contributed by atoms with E-state index in [-0.39, 0.29) is 5.92 Å². The van der Waals surface area contributed by atoms with E-state index < -0.39 is 5.97 Å². The van der Waals surface area contributed by atoms with Crippen LogP contribution in [0.1, 0.15) is 18.4 Å². The zero-order valence-electron chi connectivity index (χ0n) is 11.7. The van der Waals surface area contributed by atoms with Gasteiger partial charge in [0.25, 0.3) is 0 Å². The molecular weight excluding hydrogens is 252 g/mol. The summed E-state index contributed by atoms with van der Waals surface area (Å²) >= 11 is 0. The molecule has 20 heavy (non-hydrogen) atoms. The van der Waals surface area contributed by atoms with Crippen LogP contribution in [0, 0.1) is 5.92 Å². The Morgan fingerprint density at radius 1 is 1.20 bits per heavy atom. The Bertz CT molecular complexity index is 463. The Balaban J connectivity index is 1.60. The van der Waals surface area contributed by atoms with Crippen LogP contribution in [0.15, 0.2) is 30.3 Å². The molecule has 0 spiro atoms. The van der Waals surface area contributed by atoms with Crippen LogP contribution in [-0.2, 0) is 11.3 Å². The number of piperazine rings is 1. The number of piperidine rings is 1. The number of nitrogens with zero attached hydrogens (tertiary/aromatic N) is 2. The van der Waals surface area contributed by atoms with Gasteiger partial charge < -0.3 is 5.11 Å². The minimum Gasteiger partial charge on any atom is -0.481 e. The lowest BCUT2D eigenvalue weighted by molar-refractivity contribution is -0.144. The van der Waals surface area contributed by atoms with Crippen molar-refractivity contribution >= 4 is 5.97 Å². The van der Waals surface area contributed by atoms with Crippen LogP contribution in [0.4, 0.5) is 0 Å². The highest BCUT2D eigenvalue weighted by molar-refractivity contribution is 5.70. The lowest BCUT2D eigenvalue weighted by atomic mass is 9.89. The van der Waals surface area contributed by atoms with Gasteiger partial charge >= 0.3 is 5.97 Å². The largest absolute Gasteiger partial charge is 0.481 e. The van der Waals surface area contributed by atoms with Crippen molar-refractivity contribution in [2.24, 2.45) is 5.92 Å². The molecule has 2 atom stereocenters. The van der Waals surface area contributed by atoms with E-state index in [0.717, 1.165) is 45.6 Å². The molecule has 3 rings (SSSR count). The Labute approximate surface area is 120 Å². The Kier molecular flexibility index (Phi) is 4.03. The Morgan fingerprint density at radius 3 is 2.75 bits per heavy atom. The maximum absolute atomic E-state index is 11.2. The molecule has 0 aromatic heterocycles. The average molecular weight is 274 g/mol. The maximum atomic E-state index is 11.2. The smallest absolute Gasteiger partial charge is 0.306 e. The van der Waals surface area contributed by atoms with E-state index in [2.05, 4.69) is 34.1 Å². The summed E-state index contributed by atoms with van der Waals surface area (Å²) in [5, 5.41) is 9.20. The quantitative estimate of drug-likeness (QED) is 0.910. The van der Waals surface area contributed by atoms with Crippen LogP contribution in [0.25, 0.3) is 0 Å². The molecule has 2 unspecified atom stereocenters. The summed E-state index contributed by atoms with van der Waals surface area (Å²) in [6.07, 6.45) is 1.62. The van der Waals surface area contributed by atoms with Crippen molar-refractivity contribution in [3.63, 3.8) is 0 Å². The third kappa shape index (κ3) is 3.02. The van der Waals surface area contributed by atoms with E-state index in [0.29, 0.717) is 6.04 Å². The van der Waals surface area contributed by atoms with E-state index in [1.807, 2.05) is 6.07 Å². The second-order valence-corrected chi connectivity index (χ2v) is 5.97. The molecule has 2 aliphatic heterocycles. The third-order valence-electron chi connectivity index (χ3n) is 4.61. The normalized spacial score (nSPS) is 28.0. The number of hydrogen-bond donors (Lipinski definition) is 1. The van der Waals surface area contributed by atoms with Gasteiger partial charge in [-0.25, -0.2) is 0 Å². The van der Waals surface area contributed by atoms with Crippen molar-refractivity contribution in [2.45, 2.75) is 25.4 Å². The standard InChI is InChI=1S/C16H22N2O2/c19-16(20)14-6-7-18-9-8-17(12-15(18)10-14)11-13-4-2-1-3-5-13/h1-5,14-15H,6-12H2,(H,19,20). The van der Waals surface area contributed by atoms with Crippen molar-refractivity contribution in [3.8, 4) is 0 Å². The summed E-state index contributed by atoms with van der Waals surface area (Å²) in [6, 6.07) is 10.9. The minimum atomic E-state index is -0.621. The molecule has 108 valence electrons. The molecule has 0 radical (unpaired) electrons. The first-order chi connectivity index (χ1) is 9.72. The zero-order chi connectivity index (χ0) is 13.9. The first-order valence-electron chi connectivity index (χ1n) is 7.45. The van der Waals surface area contributed by atoms with Gasteiger partial charge in [-0.3, -0.25) is 14.6 Å². The summed E-state index contributed by atoms with van der Waals surface area (Å²) in [7, 11) is 0. The molecule has 1 aromatic rings. The Morgan fingerprint density at radius 2 is 2.00 bits per heavy atom. The Hall–Kier alpha value is -1.39. The number of rotatable bonds is 3. The van der Waals surface area contributed by atoms with Crippen molar-refractivity contribution in [1.29, 1.82) is 0 Å². The van der Waals surface area contributed by atoms with Gasteiger partial charge in [-0.05, 0) is 24.9 Å². The number of carboxylic acids is 1. The van der Waals surface area contributed by atoms with E-state index in [1.165, 1.54) is 5.56 Å². The third-order valence-corrected chi connectivity index (χ3v) is 4.61. The predicted octanol–water partition coefficient (Wildman–Crippen LogP) is 1.67. The summed E-state index contributed by atoms with van der Waals surface area (Å²) in [4.78, 5) is 16.1. The molecule has 4 heteroatoms. The highest BCUT2D eigenvalue weighted by Gasteiger charge is 2.35. The fourth-order valence-corrected chi connectivity index (χ4v) is 3.45. The summed E-state index contributed by atoms with van der Waals surface area (Å²) in [6.45, 7) is 5.08. The van der Waals surface area contributed by atoms with E-state index in [4.69, 9.17) is 0 Å². The van der Waals surface area contributed by atoms with Crippen molar-refractivity contribution < 1.29 is 9.90 Å². The van der Waals surface area contributed by atoms with Crippen molar-refractivity contribution in [1.82, 2.24) is 9.80 Å². The highest BCUT2D eigenvalue weighted by atomic mass is 16.4. The average Bonchev–Trinajstić information content (AvgIpc) is 2.47. The van der Waals surface area contributed by atoms with Crippen molar-refractivity contribution in [2.75, 3.05) is 26.2 Å². The first-order valence-corrected chi connectivity index (χ1v) is 7.45. The number of carbonyl (C=O) groups is 1. The molecule has 2 saturated heterocycles. The maximum Gasteiger partial charge on any atom is 0.306 e. The van der Waals surface area contributed by atoms with Gasteiger partial charge in [0.05, 0.1) is 5.92 Å². The van der Waals surface area contributed by atoms with Gasteiger partial charge in [0, 0.05) is 32.2 Å². The van der Waals surface area contributed by atoms with Crippen LogP contribution in [0.2, 0.25) is 0 Å². The number of fused-ring (bicyclic) bond motifs is 1. The summed E-state index contributed by atoms with van der Waals surface area (Å²) in [5.74, 6) is -0.766. The fraction of sp³-hybridized carbons (Fsp3) is 0.562. The van der Waals surface area contributed by atoms with Gasteiger partial charge in [0.1, 0.15) is 0 Å². The molecule has 2 aliphatic rings. The van der Waals surface area contributed by atoms with Gasteiger partial charge in [-0.2, -0.15) is 0 Å². The predicted molar refractivity (Wildman–Crippen MR) is 77.4 cm³/mol. The second-order valence-electron chi connectivity index (χ2n) is 5.97. The van der Waals surface area contributed by atoms with Crippen LogP contribution in [0.5, 0.6) is 0 Å². The fourth-order valence-electron chi connectivity index (χ4n) is 3.45. The van der Waals surface area contributed by atoms with E-state index >= 15 is 0 Å². The monoisotopic (exact) mass is 274 g/mol. The van der Waals surface area contributed by atoms with Gasteiger partial charge in [0.15, 0.2) is 0 Å². The van der Waals surface area contributed by atoms with Crippen LogP contribution >= 0.6 is 0 Å². The zero-order valence-corrected chi connectivity index (χ0v) is 11.7. The molecule has 0 aliphatic carbocycles. The number of carboxylic acid groups (broad SMARTS) is 1. The molecule has 4 nitrogen and oxygen atoms in total. The minimum absolute atomic E-state index is 0.145. The highest BCUT2D eigenvalue weighted by Crippen LogP contribution is 2.26. The second kappa shape index (κ2) is 5.94. The number of aliphatic carboxylic acids is 1. The van der Waals surface area contributed by atoms with Crippen LogP contribution in [0.3, 0.4) is 0 Å². The van der Waals surface area contributed by atoms with Gasteiger partial charge in [-0.15, -0.1) is 0 Å². The van der Waals surface area contributed by atoms with Crippen LogP contribution in [-0.4, -0.2) is 53.1 Å². The molecule has 0 bridgehead atoms. The molecule has 1 N–H and O–H groups in total. The molecule has 2 heterocycles. The number of hydrogen-bond acceptors (Lipinski definition) is 3. The molecular formula is C16H22N2O2. The van der Waals surface area contributed by atoms with Crippen LogP contribution < -0.4 is 0 Å². The summed E-state index contributed by atoms with van der Waals surface area (Å²) < 4.78 is 0.